The summed E-state index contributed by atoms with van der Waals surface area (Å²) < 4.78 is 0. The summed E-state index contributed by atoms with van der Waals surface area (Å²) in [5, 5.41) is 3.91. The van der Waals surface area contributed by atoms with Crippen molar-refractivity contribution in [1.29, 1.82) is 0 Å². The van der Waals surface area contributed by atoms with Crippen LogP contribution in [0.4, 0.5) is 0 Å². The van der Waals surface area contributed by atoms with Crippen LogP contribution in [0, 0.1) is 5.92 Å². The number of amides is 1. The molecule has 1 saturated carbocycles. The van der Waals surface area contributed by atoms with E-state index in [4.69, 9.17) is 23.8 Å². The normalized spacial score (nSPS) is 29.9. The van der Waals surface area contributed by atoms with E-state index in [0.29, 0.717) is 11.7 Å². The van der Waals surface area contributed by atoms with Crippen LogP contribution in [0.1, 0.15) is 24.8 Å². The first-order chi connectivity index (χ1) is 9.65. The van der Waals surface area contributed by atoms with Gasteiger partial charge in [-0.15, -0.1) is 11.6 Å². The van der Waals surface area contributed by atoms with Gasteiger partial charge in [0.05, 0.1) is 12.5 Å². The lowest BCUT2D eigenvalue weighted by molar-refractivity contribution is -0.135. The van der Waals surface area contributed by atoms with Gasteiger partial charge in [-0.25, -0.2) is 0 Å². The molecular formula is C14H16ClN3OS. The van der Waals surface area contributed by atoms with Crippen LogP contribution >= 0.6 is 23.8 Å². The van der Waals surface area contributed by atoms with E-state index in [1.807, 2.05) is 12.1 Å². The lowest BCUT2D eigenvalue weighted by Crippen LogP contribution is -2.61. The number of thiocarbonyl (C=S) groups is 1. The molecule has 1 aromatic rings. The van der Waals surface area contributed by atoms with Crippen LogP contribution in [0.15, 0.2) is 24.5 Å². The molecule has 0 bridgehead atoms. The third-order valence-corrected chi connectivity index (χ3v) is 4.72. The molecule has 2 aliphatic rings. The largest absolute Gasteiger partial charge is 0.359 e. The summed E-state index contributed by atoms with van der Waals surface area (Å²) in [6, 6.07) is 3.95. The molecule has 3 unspecified atom stereocenters. The number of halogens is 1. The van der Waals surface area contributed by atoms with E-state index in [9.17, 15) is 4.79 Å². The van der Waals surface area contributed by atoms with Gasteiger partial charge in [-0.1, -0.05) is 6.07 Å². The zero-order valence-corrected chi connectivity index (χ0v) is 12.5. The van der Waals surface area contributed by atoms with E-state index < -0.39 is 0 Å². The lowest BCUT2D eigenvalue weighted by Gasteiger charge is -2.42. The fourth-order valence-corrected chi connectivity index (χ4v) is 3.55. The Morgan fingerprint density at radius 2 is 2.35 bits per heavy atom. The molecule has 1 saturated heterocycles. The molecule has 1 aromatic heterocycles. The second-order valence-electron chi connectivity index (χ2n) is 5.36. The number of nitrogens with one attached hydrogen (secondary N) is 1. The summed E-state index contributed by atoms with van der Waals surface area (Å²) in [6.45, 7) is 0.467. The Labute approximate surface area is 128 Å². The molecule has 6 heteroatoms. The molecule has 3 atom stereocenters. The lowest BCUT2D eigenvalue weighted by atomic mass is 9.82. The van der Waals surface area contributed by atoms with Crippen LogP contribution in [0.25, 0.3) is 0 Å². The number of rotatable bonds is 2. The van der Waals surface area contributed by atoms with Crippen LogP contribution in [-0.2, 0) is 11.3 Å². The molecular weight excluding hydrogens is 294 g/mol. The summed E-state index contributed by atoms with van der Waals surface area (Å²) in [5.41, 5.74) is 0.974. The topological polar surface area (TPSA) is 45.2 Å². The summed E-state index contributed by atoms with van der Waals surface area (Å²) >= 11 is 11.5. The van der Waals surface area contributed by atoms with Gasteiger partial charge >= 0.3 is 0 Å². The van der Waals surface area contributed by atoms with E-state index >= 15 is 0 Å². The number of carbonyl (C=O) groups is 1. The van der Waals surface area contributed by atoms with Gasteiger partial charge in [0.25, 0.3) is 0 Å². The van der Waals surface area contributed by atoms with Crippen LogP contribution in [-0.4, -0.2) is 32.3 Å². The quantitative estimate of drug-likeness (QED) is 0.671. The van der Waals surface area contributed by atoms with Gasteiger partial charge in [0.1, 0.15) is 0 Å². The van der Waals surface area contributed by atoms with Crippen LogP contribution in [0.5, 0.6) is 0 Å². The standard InChI is InChI=1S/C14H16ClN3OS/c15-10-3-4-12-11(6-10)13(19)18(14(20)17-12)8-9-2-1-5-16-7-9/h1-2,5,7,10-12H,3-4,6,8H2,(H,17,20). The number of pyridine rings is 1. The molecule has 4 nitrogen and oxygen atoms in total. The molecule has 1 aliphatic heterocycles. The number of fused-ring (bicyclic) bond motifs is 1. The first-order valence-electron chi connectivity index (χ1n) is 6.80. The van der Waals surface area contributed by atoms with E-state index in [2.05, 4.69) is 10.3 Å². The van der Waals surface area contributed by atoms with Crippen molar-refractivity contribution < 1.29 is 4.79 Å². The van der Waals surface area contributed by atoms with E-state index in [0.717, 1.165) is 24.8 Å². The highest BCUT2D eigenvalue weighted by Gasteiger charge is 2.42. The Morgan fingerprint density at radius 1 is 1.50 bits per heavy atom. The highest BCUT2D eigenvalue weighted by Crippen LogP contribution is 2.32. The maximum atomic E-state index is 12.6. The van der Waals surface area contributed by atoms with Crippen molar-refractivity contribution >= 4 is 34.8 Å². The highest BCUT2D eigenvalue weighted by atomic mass is 35.5. The molecule has 2 fully saturated rings. The number of hydrogen-bond acceptors (Lipinski definition) is 3. The number of nitrogens with zero attached hydrogens (tertiary/aromatic N) is 2. The monoisotopic (exact) mass is 309 g/mol. The Hall–Kier alpha value is -1.20. The smallest absolute Gasteiger partial charge is 0.234 e. The Kier molecular flexibility index (Phi) is 3.89. The molecule has 1 N–H and O–H groups in total. The third kappa shape index (κ3) is 2.65. The summed E-state index contributed by atoms with van der Waals surface area (Å²) in [6.07, 6.45) is 6.05. The molecule has 0 aromatic carbocycles. The van der Waals surface area contributed by atoms with Gasteiger partial charge in [0, 0.05) is 23.8 Å². The van der Waals surface area contributed by atoms with Crippen molar-refractivity contribution in [1.82, 2.24) is 15.2 Å². The maximum Gasteiger partial charge on any atom is 0.234 e. The van der Waals surface area contributed by atoms with Crippen LogP contribution in [0.2, 0.25) is 0 Å². The molecule has 20 heavy (non-hydrogen) atoms. The van der Waals surface area contributed by atoms with Gasteiger partial charge in [-0.05, 0) is 43.1 Å². The predicted octanol–water partition coefficient (Wildman–Crippen LogP) is 2.07. The zero-order chi connectivity index (χ0) is 14.1. The number of carbonyl (C=O) groups excluding carboxylic acids is 1. The second kappa shape index (κ2) is 5.66. The SMILES string of the molecule is O=C1C2CC(Cl)CCC2NC(=S)N1Cc1cccnc1. The number of aromatic nitrogens is 1. The predicted molar refractivity (Wildman–Crippen MR) is 81.3 cm³/mol. The minimum atomic E-state index is -0.0605. The maximum absolute atomic E-state index is 12.6. The van der Waals surface area contributed by atoms with E-state index in [-0.39, 0.29) is 23.2 Å². The zero-order valence-electron chi connectivity index (χ0n) is 11.0. The average Bonchev–Trinajstić information content (AvgIpc) is 2.46. The minimum absolute atomic E-state index is 0.0605. The van der Waals surface area contributed by atoms with Gasteiger partial charge < -0.3 is 5.32 Å². The third-order valence-electron chi connectivity index (χ3n) is 3.99. The van der Waals surface area contributed by atoms with Gasteiger partial charge in [0.2, 0.25) is 5.91 Å². The first kappa shape index (κ1) is 13.8. The van der Waals surface area contributed by atoms with Gasteiger partial charge in [0.15, 0.2) is 5.11 Å². The molecule has 2 heterocycles. The molecule has 3 rings (SSSR count). The summed E-state index contributed by atoms with van der Waals surface area (Å²) in [5.74, 6) is 0.0302. The fraction of sp³-hybridized carbons (Fsp3) is 0.500. The van der Waals surface area contributed by atoms with Crippen LogP contribution in [0.3, 0.4) is 0 Å². The average molecular weight is 310 g/mol. The van der Waals surface area contributed by atoms with Gasteiger partial charge in [-0.2, -0.15) is 0 Å². The Balaban J connectivity index is 1.77. The molecule has 0 spiro atoms. The Morgan fingerprint density at radius 3 is 3.10 bits per heavy atom. The van der Waals surface area contributed by atoms with E-state index in [1.165, 1.54) is 0 Å². The summed E-state index contributed by atoms with van der Waals surface area (Å²) in [7, 11) is 0. The van der Waals surface area contributed by atoms with Crippen molar-refractivity contribution in [2.24, 2.45) is 5.92 Å². The molecule has 106 valence electrons. The second-order valence-corrected chi connectivity index (χ2v) is 6.36. The van der Waals surface area contributed by atoms with Gasteiger partial charge in [-0.3, -0.25) is 14.7 Å². The summed E-state index contributed by atoms with van der Waals surface area (Å²) in [4.78, 5) is 18.4. The minimum Gasteiger partial charge on any atom is -0.359 e. The fourth-order valence-electron chi connectivity index (χ4n) is 2.93. The molecule has 0 radical (unpaired) electrons. The number of hydrogen-bond donors (Lipinski definition) is 1. The highest BCUT2D eigenvalue weighted by molar-refractivity contribution is 7.80. The van der Waals surface area contributed by atoms with Crippen molar-refractivity contribution in [3.63, 3.8) is 0 Å². The van der Waals surface area contributed by atoms with Crippen LogP contribution < -0.4 is 5.32 Å². The van der Waals surface area contributed by atoms with Crippen molar-refractivity contribution in [2.75, 3.05) is 0 Å². The van der Waals surface area contributed by atoms with Crippen molar-refractivity contribution in [3.8, 4) is 0 Å². The Bertz CT molecular complexity index is 524. The number of alkyl halides is 1. The molecule has 1 aliphatic carbocycles. The first-order valence-corrected chi connectivity index (χ1v) is 7.64. The van der Waals surface area contributed by atoms with E-state index in [1.54, 1.807) is 17.3 Å². The van der Waals surface area contributed by atoms with Crippen molar-refractivity contribution in [3.05, 3.63) is 30.1 Å². The molecule has 1 amide bonds. The van der Waals surface area contributed by atoms with Crippen molar-refractivity contribution in [2.45, 2.75) is 37.2 Å².